The molecular weight excluding hydrogens is 253 g/mol. The van der Waals surface area contributed by atoms with Gasteiger partial charge in [-0.3, -0.25) is 0 Å². The minimum atomic E-state index is -0.817. The van der Waals surface area contributed by atoms with Gasteiger partial charge in [-0.15, -0.1) is 10.2 Å². The Labute approximate surface area is 92.0 Å². The Morgan fingerprint density at radius 2 is 1.57 bits per heavy atom. The molecule has 0 aliphatic carbocycles. The molecule has 0 atom stereocenters. The summed E-state index contributed by atoms with van der Waals surface area (Å²) >= 11 is 16.5. The van der Waals surface area contributed by atoms with Crippen LogP contribution in [-0.4, -0.2) is 20.2 Å². The molecule has 4 nitrogen and oxygen atoms in total. The molecule has 14 heavy (non-hydrogen) atoms. The SMILES string of the molecule is Fc1c(Cl)nnc2c(Cl)nc(Cl)nc12. The number of aromatic nitrogens is 4. The van der Waals surface area contributed by atoms with Crippen molar-refractivity contribution in [1.29, 1.82) is 0 Å². The number of rotatable bonds is 0. The van der Waals surface area contributed by atoms with Gasteiger partial charge in [0.15, 0.2) is 21.6 Å². The molecule has 0 radical (unpaired) electrons. The molecule has 0 amide bonds. The van der Waals surface area contributed by atoms with Crippen LogP contribution in [0.1, 0.15) is 0 Å². The molecular formula is C6Cl3FN4. The summed E-state index contributed by atoms with van der Waals surface area (Å²) in [5.41, 5.74) is -0.118. The smallest absolute Gasteiger partial charge is 0.213 e. The van der Waals surface area contributed by atoms with Crippen molar-refractivity contribution >= 4 is 45.8 Å². The van der Waals surface area contributed by atoms with Crippen LogP contribution in [0.2, 0.25) is 15.6 Å². The van der Waals surface area contributed by atoms with Gasteiger partial charge in [0.2, 0.25) is 5.28 Å². The van der Waals surface area contributed by atoms with E-state index in [2.05, 4.69) is 20.2 Å². The fourth-order valence-corrected chi connectivity index (χ4v) is 1.43. The van der Waals surface area contributed by atoms with Gasteiger partial charge in [-0.2, -0.15) is 0 Å². The van der Waals surface area contributed by atoms with E-state index in [1.54, 1.807) is 0 Å². The first-order chi connectivity index (χ1) is 6.59. The molecule has 0 bridgehead atoms. The zero-order valence-corrected chi connectivity index (χ0v) is 8.57. The minimum absolute atomic E-state index is 0.0259. The van der Waals surface area contributed by atoms with Crippen molar-refractivity contribution in [2.45, 2.75) is 0 Å². The highest BCUT2D eigenvalue weighted by atomic mass is 35.5. The third kappa shape index (κ3) is 1.47. The molecule has 2 rings (SSSR count). The van der Waals surface area contributed by atoms with E-state index in [1.807, 2.05) is 0 Å². The number of nitrogens with zero attached hydrogens (tertiary/aromatic N) is 4. The molecule has 0 spiro atoms. The number of hydrogen-bond donors (Lipinski definition) is 0. The lowest BCUT2D eigenvalue weighted by Gasteiger charge is -1.99. The van der Waals surface area contributed by atoms with Crippen LogP contribution in [0.25, 0.3) is 11.0 Å². The number of fused-ring (bicyclic) bond motifs is 1. The summed E-state index contributed by atoms with van der Waals surface area (Å²) < 4.78 is 13.3. The van der Waals surface area contributed by atoms with Gasteiger partial charge in [-0.25, -0.2) is 14.4 Å². The molecule has 0 fully saturated rings. The zero-order valence-electron chi connectivity index (χ0n) is 6.30. The highest BCUT2D eigenvalue weighted by molar-refractivity contribution is 6.35. The van der Waals surface area contributed by atoms with Gasteiger partial charge in [0.05, 0.1) is 0 Å². The highest BCUT2D eigenvalue weighted by Gasteiger charge is 2.14. The Kier molecular flexibility index (Phi) is 2.38. The van der Waals surface area contributed by atoms with Crippen molar-refractivity contribution in [3.8, 4) is 0 Å². The van der Waals surface area contributed by atoms with Crippen molar-refractivity contribution in [1.82, 2.24) is 20.2 Å². The van der Waals surface area contributed by atoms with Crippen LogP contribution in [0.5, 0.6) is 0 Å². The molecule has 0 aliphatic rings. The van der Waals surface area contributed by atoms with Crippen LogP contribution in [-0.2, 0) is 0 Å². The van der Waals surface area contributed by atoms with Gasteiger partial charge in [0, 0.05) is 0 Å². The lowest BCUT2D eigenvalue weighted by molar-refractivity contribution is 0.626. The summed E-state index contributed by atoms with van der Waals surface area (Å²) in [4.78, 5) is 7.18. The summed E-state index contributed by atoms with van der Waals surface area (Å²) in [6.07, 6.45) is 0. The van der Waals surface area contributed by atoms with Gasteiger partial charge in [0.1, 0.15) is 5.52 Å². The Bertz CT molecular complexity index is 518. The topological polar surface area (TPSA) is 51.6 Å². The van der Waals surface area contributed by atoms with Crippen molar-refractivity contribution in [2.75, 3.05) is 0 Å². The van der Waals surface area contributed by atoms with Crippen molar-refractivity contribution in [2.24, 2.45) is 0 Å². The van der Waals surface area contributed by atoms with Crippen LogP contribution in [0, 0.1) is 5.82 Å². The Morgan fingerprint density at radius 1 is 0.857 bits per heavy atom. The highest BCUT2D eigenvalue weighted by Crippen LogP contribution is 2.24. The maximum Gasteiger partial charge on any atom is 0.224 e. The molecule has 8 heteroatoms. The maximum absolute atomic E-state index is 13.3. The molecule has 0 unspecified atom stereocenters. The third-order valence-electron chi connectivity index (χ3n) is 1.44. The van der Waals surface area contributed by atoms with Crippen LogP contribution in [0.15, 0.2) is 0 Å². The fraction of sp³-hybridized carbons (Fsp3) is 0. The fourth-order valence-electron chi connectivity index (χ4n) is 0.879. The molecule has 0 N–H and O–H groups in total. The monoisotopic (exact) mass is 252 g/mol. The predicted molar refractivity (Wildman–Crippen MR) is 50.1 cm³/mol. The first kappa shape index (κ1) is 9.76. The zero-order chi connectivity index (χ0) is 10.3. The maximum atomic E-state index is 13.3. The van der Waals surface area contributed by atoms with Gasteiger partial charge in [-0.05, 0) is 11.6 Å². The predicted octanol–water partition coefficient (Wildman–Crippen LogP) is 2.52. The molecule has 0 saturated carbocycles. The largest absolute Gasteiger partial charge is 0.224 e. The van der Waals surface area contributed by atoms with Gasteiger partial charge < -0.3 is 0 Å². The second-order valence-corrected chi connectivity index (χ2v) is 3.34. The van der Waals surface area contributed by atoms with Crippen LogP contribution < -0.4 is 0 Å². The van der Waals surface area contributed by atoms with Crippen molar-refractivity contribution in [3.05, 3.63) is 21.4 Å². The van der Waals surface area contributed by atoms with Crippen LogP contribution in [0.3, 0.4) is 0 Å². The molecule has 2 aromatic heterocycles. The van der Waals surface area contributed by atoms with Crippen LogP contribution in [0.4, 0.5) is 4.39 Å². The van der Waals surface area contributed by atoms with E-state index >= 15 is 0 Å². The van der Waals surface area contributed by atoms with Crippen LogP contribution >= 0.6 is 34.8 Å². The summed E-state index contributed by atoms with van der Waals surface area (Å²) in [5, 5.41) is 6.25. The average Bonchev–Trinajstić information content (AvgIpc) is 2.12. The summed E-state index contributed by atoms with van der Waals surface area (Å²) in [5.74, 6) is -0.817. The van der Waals surface area contributed by atoms with E-state index in [9.17, 15) is 4.39 Å². The average molecular weight is 253 g/mol. The summed E-state index contributed by atoms with van der Waals surface area (Å²) in [7, 11) is 0. The van der Waals surface area contributed by atoms with E-state index in [4.69, 9.17) is 34.8 Å². The van der Waals surface area contributed by atoms with E-state index in [0.29, 0.717) is 0 Å². The molecule has 2 aromatic rings. The standard InChI is InChI=1S/C6Cl3FN4/c7-4-1(10)2-3(13-14-4)5(8)12-6(9)11-2. The molecule has 0 aliphatic heterocycles. The first-order valence-corrected chi connectivity index (χ1v) is 4.43. The quantitative estimate of drug-likeness (QED) is 0.535. The van der Waals surface area contributed by atoms with E-state index in [-0.39, 0.29) is 26.6 Å². The lowest BCUT2D eigenvalue weighted by Crippen LogP contribution is -1.96. The Balaban J connectivity index is 2.95. The minimum Gasteiger partial charge on any atom is -0.213 e. The second-order valence-electron chi connectivity index (χ2n) is 2.29. The van der Waals surface area contributed by atoms with E-state index in [1.165, 1.54) is 0 Å². The van der Waals surface area contributed by atoms with E-state index < -0.39 is 5.82 Å². The van der Waals surface area contributed by atoms with Crippen molar-refractivity contribution in [3.63, 3.8) is 0 Å². The number of halogens is 4. The molecule has 2 heterocycles. The summed E-state index contributed by atoms with van der Waals surface area (Å²) in [6.45, 7) is 0. The summed E-state index contributed by atoms with van der Waals surface area (Å²) in [6, 6.07) is 0. The first-order valence-electron chi connectivity index (χ1n) is 3.30. The van der Waals surface area contributed by atoms with Gasteiger partial charge in [0.25, 0.3) is 0 Å². The van der Waals surface area contributed by atoms with Gasteiger partial charge in [-0.1, -0.05) is 23.2 Å². The second kappa shape index (κ2) is 3.42. The van der Waals surface area contributed by atoms with Gasteiger partial charge >= 0.3 is 0 Å². The number of hydrogen-bond acceptors (Lipinski definition) is 4. The Hall–Kier alpha value is -0.780. The van der Waals surface area contributed by atoms with E-state index in [0.717, 1.165) is 0 Å². The third-order valence-corrected chi connectivity index (χ3v) is 2.12. The molecule has 0 saturated heterocycles. The van der Waals surface area contributed by atoms with Crippen molar-refractivity contribution < 1.29 is 4.39 Å². The lowest BCUT2D eigenvalue weighted by atomic mass is 10.4. The normalized spacial score (nSPS) is 10.9. The Morgan fingerprint density at radius 3 is 2.29 bits per heavy atom. The molecule has 72 valence electrons. The molecule has 0 aromatic carbocycles.